The van der Waals surface area contributed by atoms with Crippen LogP contribution in [0.2, 0.25) is 0 Å². The summed E-state index contributed by atoms with van der Waals surface area (Å²) < 4.78 is 5.54. The summed E-state index contributed by atoms with van der Waals surface area (Å²) in [6.45, 7) is 11.2. The van der Waals surface area contributed by atoms with Crippen molar-refractivity contribution >= 4 is 17.7 Å². The number of aliphatic hydroxyl groups is 1. The molecule has 0 saturated carbocycles. The van der Waals surface area contributed by atoms with Gasteiger partial charge in [0.2, 0.25) is 17.7 Å². The molecule has 0 bridgehead atoms. The van der Waals surface area contributed by atoms with Gasteiger partial charge in [0.15, 0.2) is 0 Å². The predicted molar refractivity (Wildman–Crippen MR) is 121 cm³/mol. The number of aliphatic hydroxyl groups excluding tert-OH is 1. The maximum Gasteiger partial charge on any atom is 0.245 e. The molecule has 31 heavy (non-hydrogen) atoms. The Morgan fingerprint density at radius 1 is 1.06 bits per heavy atom. The lowest BCUT2D eigenvalue weighted by Gasteiger charge is -2.40. The van der Waals surface area contributed by atoms with E-state index in [-0.39, 0.29) is 48.8 Å². The van der Waals surface area contributed by atoms with Crippen LogP contribution >= 0.6 is 0 Å². The predicted octanol–water partition coefficient (Wildman–Crippen LogP) is 0.797. The highest BCUT2D eigenvalue weighted by atomic mass is 16.5. The molecular weight excluding hydrogens is 400 g/mol. The highest BCUT2D eigenvalue weighted by molar-refractivity contribution is 5.90. The van der Waals surface area contributed by atoms with Crippen LogP contribution in [0.25, 0.3) is 0 Å². The van der Waals surface area contributed by atoms with Gasteiger partial charge in [0.25, 0.3) is 0 Å². The van der Waals surface area contributed by atoms with Crippen molar-refractivity contribution in [2.75, 3.05) is 27.9 Å². The number of carbonyl (C=O) groups is 3. The maximum atomic E-state index is 13.5. The fourth-order valence-corrected chi connectivity index (χ4v) is 4.00. The summed E-state index contributed by atoms with van der Waals surface area (Å²) in [5.41, 5.74) is 5.40. The minimum Gasteiger partial charge on any atom is -0.381 e. The molecule has 0 heterocycles. The van der Waals surface area contributed by atoms with Crippen molar-refractivity contribution in [1.82, 2.24) is 15.1 Å². The Balaban J connectivity index is 5.84. The Morgan fingerprint density at radius 2 is 1.61 bits per heavy atom. The summed E-state index contributed by atoms with van der Waals surface area (Å²) in [5.74, 6) is -1.24. The third-order valence-corrected chi connectivity index (χ3v) is 5.94. The van der Waals surface area contributed by atoms with E-state index in [1.165, 1.54) is 7.11 Å². The van der Waals surface area contributed by atoms with E-state index < -0.39 is 24.1 Å². The third kappa shape index (κ3) is 8.38. The Hall–Kier alpha value is -1.71. The van der Waals surface area contributed by atoms with Crippen molar-refractivity contribution in [3.63, 3.8) is 0 Å². The lowest BCUT2D eigenvalue weighted by molar-refractivity contribution is -0.145. The van der Waals surface area contributed by atoms with Crippen LogP contribution in [0.4, 0.5) is 0 Å². The molecule has 0 aliphatic heterocycles. The molecule has 0 aliphatic rings. The summed E-state index contributed by atoms with van der Waals surface area (Å²) >= 11 is 0. The number of nitrogens with zero attached hydrogens (tertiary/aromatic N) is 2. The molecule has 9 heteroatoms. The number of hydrogen-bond acceptors (Lipinski definition) is 6. The van der Waals surface area contributed by atoms with Crippen LogP contribution in [0.3, 0.4) is 0 Å². The van der Waals surface area contributed by atoms with Crippen LogP contribution in [-0.2, 0) is 19.1 Å². The van der Waals surface area contributed by atoms with Gasteiger partial charge in [0, 0.05) is 14.2 Å². The number of likely N-dealkylation sites (N-methyl/N-ethyl adjacent to an activating group) is 2. The minimum absolute atomic E-state index is 0.00144. The first kappa shape index (κ1) is 29.3. The summed E-state index contributed by atoms with van der Waals surface area (Å²) in [6.07, 6.45) is 0.225. The second-order valence-corrected chi connectivity index (χ2v) is 9.09. The molecule has 0 aliphatic carbocycles. The molecule has 9 nitrogen and oxygen atoms in total. The topological polar surface area (TPSA) is 125 Å². The second kappa shape index (κ2) is 13.6. The minimum atomic E-state index is -0.761. The maximum absolute atomic E-state index is 13.5. The molecule has 5 atom stereocenters. The van der Waals surface area contributed by atoms with Gasteiger partial charge < -0.3 is 25.8 Å². The number of nitrogens with one attached hydrogen (secondary N) is 1. The van der Waals surface area contributed by atoms with Gasteiger partial charge in [0.1, 0.15) is 6.04 Å². The van der Waals surface area contributed by atoms with E-state index in [1.54, 1.807) is 23.9 Å². The van der Waals surface area contributed by atoms with Gasteiger partial charge >= 0.3 is 0 Å². The van der Waals surface area contributed by atoms with Gasteiger partial charge in [-0.2, -0.15) is 0 Å². The van der Waals surface area contributed by atoms with Gasteiger partial charge in [-0.15, -0.1) is 0 Å². The van der Waals surface area contributed by atoms with E-state index in [4.69, 9.17) is 10.5 Å². The zero-order valence-electron chi connectivity index (χ0n) is 20.7. The number of hydrogen-bond donors (Lipinski definition) is 3. The number of primary amides is 1. The van der Waals surface area contributed by atoms with E-state index in [0.717, 1.165) is 6.42 Å². The van der Waals surface area contributed by atoms with E-state index in [1.807, 2.05) is 41.5 Å². The van der Waals surface area contributed by atoms with Crippen molar-refractivity contribution in [3.8, 4) is 0 Å². The van der Waals surface area contributed by atoms with Crippen molar-refractivity contribution < 1.29 is 24.2 Å². The molecule has 0 fully saturated rings. The van der Waals surface area contributed by atoms with Gasteiger partial charge in [-0.25, -0.2) is 0 Å². The molecule has 0 radical (unpaired) electrons. The molecule has 0 rings (SSSR count). The number of carbonyl (C=O) groups excluding carboxylic acids is 3. The Kier molecular flexibility index (Phi) is 12.9. The first-order valence-electron chi connectivity index (χ1n) is 11.0. The lowest BCUT2D eigenvalue weighted by atomic mass is 9.89. The fraction of sp³-hybridized carbons (Fsp3) is 0.864. The van der Waals surface area contributed by atoms with Crippen LogP contribution in [0.15, 0.2) is 0 Å². The number of rotatable bonds is 14. The van der Waals surface area contributed by atoms with Crippen LogP contribution in [0, 0.1) is 17.8 Å². The zero-order valence-corrected chi connectivity index (χ0v) is 20.7. The highest BCUT2D eigenvalue weighted by Gasteiger charge is 2.38. The van der Waals surface area contributed by atoms with Gasteiger partial charge in [-0.1, -0.05) is 48.0 Å². The Labute approximate surface area is 187 Å². The molecule has 182 valence electrons. The molecule has 0 aromatic carbocycles. The van der Waals surface area contributed by atoms with Crippen LogP contribution < -0.4 is 11.1 Å². The monoisotopic (exact) mass is 444 g/mol. The lowest BCUT2D eigenvalue weighted by Crippen LogP contribution is -2.59. The standard InChI is InChI=1S/C22H44N4O5/c1-10-15(6)20(16(31-9)11-17(23)28)26(8)22(30)18(13(2)3)24-21(29)19(14(4)5)25(7)12-27/h13-16,18-20,27H,10-12H2,1-9H3,(H2,23,28)(H,24,29)/t15-,16+,18-,19-,20-/m0/s1. The number of ether oxygens (including phenoxy) is 1. The van der Waals surface area contributed by atoms with Gasteiger partial charge in [-0.05, 0) is 24.8 Å². The van der Waals surface area contributed by atoms with Crippen LogP contribution in [0.5, 0.6) is 0 Å². The van der Waals surface area contributed by atoms with Crippen molar-refractivity contribution in [3.05, 3.63) is 0 Å². The molecule has 0 aromatic heterocycles. The molecule has 0 saturated heterocycles. The smallest absolute Gasteiger partial charge is 0.245 e. The van der Waals surface area contributed by atoms with E-state index in [9.17, 15) is 19.5 Å². The number of methoxy groups -OCH3 is 1. The average molecular weight is 445 g/mol. The summed E-state index contributed by atoms with van der Waals surface area (Å²) in [4.78, 5) is 41.2. The highest BCUT2D eigenvalue weighted by Crippen LogP contribution is 2.23. The molecular formula is C22H44N4O5. The van der Waals surface area contributed by atoms with Crippen LogP contribution in [0.1, 0.15) is 54.4 Å². The first-order chi connectivity index (χ1) is 14.3. The van der Waals surface area contributed by atoms with Crippen LogP contribution in [-0.4, -0.2) is 84.8 Å². The Morgan fingerprint density at radius 3 is 1.97 bits per heavy atom. The number of nitrogens with two attached hydrogens (primary N) is 1. The van der Waals surface area contributed by atoms with Gasteiger partial charge in [-0.3, -0.25) is 19.3 Å². The van der Waals surface area contributed by atoms with Crippen molar-refractivity contribution in [2.45, 2.75) is 78.6 Å². The number of amides is 3. The molecule has 0 unspecified atom stereocenters. The normalized spacial score (nSPS) is 16.7. The van der Waals surface area contributed by atoms with Gasteiger partial charge in [0.05, 0.1) is 31.3 Å². The van der Waals surface area contributed by atoms with E-state index >= 15 is 0 Å². The summed E-state index contributed by atoms with van der Waals surface area (Å²) in [5, 5.41) is 12.4. The SMILES string of the molecule is CC[C@H](C)[C@@H]([C@@H](CC(N)=O)OC)N(C)C(=O)[C@@H](NC(=O)[C@H](C(C)C)N(C)CO)C(C)C. The second-order valence-electron chi connectivity index (χ2n) is 9.09. The third-order valence-electron chi connectivity index (χ3n) is 5.94. The summed E-state index contributed by atoms with van der Waals surface area (Å²) in [6, 6.07) is -1.71. The fourth-order valence-electron chi connectivity index (χ4n) is 4.00. The quantitative estimate of drug-likeness (QED) is 0.340. The molecule has 3 amide bonds. The van der Waals surface area contributed by atoms with Crippen molar-refractivity contribution in [2.24, 2.45) is 23.5 Å². The molecule has 0 spiro atoms. The van der Waals surface area contributed by atoms with Crippen molar-refractivity contribution in [1.29, 1.82) is 0 Å². The zero-order chi connectivity index (χ0) is 24.5. The molecule has 0 aromatic rings. The van der Waals surface area contributed by atoms with E-state index in [0.29, 0.717) is 0 Å². The summed E-state index contributed by atoms with van der Waals surface area (Å²) in [7, 11) is 4.84. The van der Waals surface area contributed by atoms with E-state index in [2.05, 4.69) is 5.32 Å². The first-order valence-corrected chi connectivity index (χ1v) is 11.0. The molecule has 4 N–H and O–H groups in total. The largest absolute Gasteiger partial charge is 0.381 e. The average Bonchev–Trinajstić information content (AvgIpc) is 2.69. The Bertz CT molecular complexity index is 584.